The van der Waals surface area contributed by atoms with Crippen molar-refractivity contribution in [3.8, 4) is 11.5 Å². The van der Waals surface area contributed by atoms with Crippen LogP contribution in [0, 0.1) is 6.92 Å². The van der Waals surface area contributed by atoms with Crippen molar-refractivity contribution in [2.75, 3.05) is 26.9 Å². The topological polar surface area (TPSA) is 50.7 Å². The van der Waals surface area contributed by atoms with Crippen molar-refractivity contribution in [1.82, 2.24) is 5.32 Å². The number of aliphatic hydroxyl groups excluding tert-OH is 1. The SMILES string of the molecule is CCNC(C)(CO)CCCCOc1ccc(C)cc1OC. The molecule has 1 rings (SSSR count). The Hall–Kier alpha value is -1.26. The van der Waals surface area contributed by atoms with Crippen molar-refractivity contribution in [3.05, 3.63) is 23.8 Å². The molecule has 0 saturated carbocycles. The molecule has 0 aliphatic carbocycles. The van der Waals surface area contributed by atoms with Gasteiger partial charge in [-0.05, 0) is 57.4 Å². The van der Waals surface area contributed by atoms with E-state index < -0.39 is 0 Å². The van der Waals surface area contributed by atoms with Crippen molar-refractivity contribution in [2.45, 2.75) is 45.6 Å². The highest BCUT2D eigenvalue weighted by Crippen LogP contribution is 2.28. The summed E-state index contributed by atoms with van der Waals surface area (Å²) >= 11 is 0. The lowest BCUT2D eigenvalue weighted by molar-refractivity contribution is 0.162. The van der Waals surface area contributed by atoms with E-state index in [2.05, 4.69) is 19.2 Å². The molecule has 1 aromatic rings. The molecule has 2 N–H and O–H groups in total. The fraction of sp³-hybridized carbons (Fsp3) is 0.647. The van der Waals surface area contributed by atoms with Gasteiger partial charge in [0, 0.05) is 5.54 Å². The zero-order chi connectivity index (χ0) is 15.7. The van der Waals surface area contributed by atoms with Crippen LogP contribution in [0.4, 0.5) is 0 Å². The predicted molar refractivity (Wildman–Crippen MR) is 86.2 cm³/mol. The van der Waals surface area contributed by atoms with Gasteiger partial charge < -0.3 is 19.9 Å². The average Bonchev–Trinajstić information content (AvgIpc) is 2.48. The van der Waals surface area contributed by atoms with Crippen LogP contribution in [0.2, 0.25) is 0 Å². The molecule has 0 aliphatic heterocycles. The minimum absolute atomic E-state index is 0.160. The van der Waals surface area contributed by atoms with E-state index >= 15 is 0 Å². The molecular weight excluding hydrogens is 266 g/mol. The second-order valence-corrected chi connectivity index (χ2v) is 5.71. The molecular formula is C17H29NO3. The summed E-state index contributed by atoms with van der Waals surface area (Å²) in [6, 6.07) is 5.94. The number of hydrogen-bond acceptors (Lipinski definition) is 4. The minimum atomic E-state index is -0.184. The van der Waals surface area contributed by atoms with Crippen molar-refractivity contribution in [3.63, 3.8) is 0 Å². The van der Waals surface area contributed by atoms with Gasteiger partial charge in [0.05, 0.1) is 20.3 Å². The molecule has 120 valence electrons. The number of unbranched alkanes of at least 4 members (excludes halogenated alkanes) is 1. The monoisotopic (exact) mass is 295 g/mol. The molecule has 0 bridgehead atoms. The van der Waals surface area contributed by atoms with Crippen molar-refractivity contribution >= 4 is 0 Å². The Morgan fingerprint density at radius 2 is 2.00 bits per heavy atom. The van der Waals surface area contributed by atoms with E-state index in [1.165, 1.54) is 0 Å². The maximum absolute atomic E-state index is 9.43. The second kappa shape index (κ2) is 8.90. The zero-order valence-corrected chi connectivity index (χ0v) is 13.7. The van der Waals surface area contributed by atoms with Crippen LogP contribution in [0.1, 0.15) is 38.7 Å². The van der Waals surface area contributed by atoms with Crippen LogP contribution in [-0.4, -0.2) is 37.5 Å². The van der Waals surface area contributed by atoms with Crippen LogP contribution in [0.25, 0.3) is 0 Å². The molecule has 1 atom stereocenters. The Kier molecular flexibility index (Phi) is 7.54. The third-order valence-electron chi connectivity index (χ3n) is 3.65. The predicted octanol–water partition coefficient (Wildman–Crippen LogP) is 2.91. The van der Waals surface area contributed by atoms with Gasteiger partial charge in [-0.25, -0.2) is 0 Å². The third-order valence-corrected chi connectivity index (χ3v) is 3.65. The third kappa shape index (κ3) is 5.94. The van der Waals surface area contributed by atoms with Gasteiger partial charge in [-0.1, -0.05) is 13.0 Å². The zero-order valence-electron chi connectivity index (χ0n) is 13.7. The van der Waals surface area contributed by atoms with Gasteiger partial charge in [0.15, 0.2) is 11.5 Å². The number of rotatable bonds is 10. The van der Waals surface area contributed by atoms with E-state index in [0.29, 0.717) is 6.61 Å². The fourth-order valence-electron chi connectivity index (χ4n) is 2.34. The molecule has 1 aromatic carbocycles. The van der Waals surface area contributed by atoms with E-state index in [0.717, 1.165) is 42.9 Å². The molecule has 21 heavy (non-hydrogen) atoms. The lowest BCUT2D eigenvalue weighted by Gasteiger charge is -2.28. The molecule has 4 heteroatoms. The van der Waals surface area contributed by atoms with Crippen LogP contribution in [0.15, 0.2) is 18.2 Å². The maximum atomic E-state index is 9.43. The van der Waals surface area contributed by atoms with Gasteiger partial charge in [-0.3, -0.25) is 0 Å². The van der Waals surface area contributed by atoms with Crippen LogP contribution in [0.5, 0.6) is 11.5 Å². The fourth-order valence-corrected chi connectivity index (χ4v) is 2.34. The van der Waals surface area contributed by atoms with Crippen LogP contribution in [0.3, 0.4) is 0 Å². The summed E-state index contributed by atoms with van der Waals surface area (Å²) in [5.74, 6) is 1.57. The van der Waals surface area contributed by atoms with E-state index in [1.54, 1.807) is 7.11 Å². The Morgan fingerprint density at radius 1 is 1.24 bits per heavy atom. The van der Waals surface area contributed by atoms with E-state index in [9.17, 15) is 5.11 Å². The van der Waals surface area contributed by atoms with Crippen LogP contribution in [-0.2, 0) is 0 Å². The summed E-state index contributed by atoms with van der Waals surface area (Å²) in [4.78, 5) is 0. The minimum Gasteiger partial charge on any atom is -0.493 e. The maximum Gasteiger partial charge on any atom is 0.161 e. The van der Waals surface area contributed by atoms with E-state index in [1.807, 2.05) is 25.1 Å². The Labute approximate surface area is 128 Å². The molecule has 1 unspecified atom stereocenters. The number of benzene rings is 1. The molecule has 0 amide bonds. The second-order valence-electron chi connectivity index (χ2n) is 5.71. The van der Waals surface area contributed by atoms with Gasteiger partial charge in [-0.15, -0.1) is 0 Å². The lowest BCUT2D eigenvalue weighted by Crippen LogP contribution is -2.45. The van der Waals surface area contributed by atoms with Crippen molar-refractivity contribution in [1.29, 1.82) is 0 Å². The van der Waals surface area contributed by atoms with Crippen LogP contribution >= 0.6 is 0 Å². The number of aryl methyl sites for hydroxylation is 1. The van der Waals surface area contributed by atoms with E-state index in [4.69, 9.17) is 9.47 Å². The van der Waals surface area contributed by atoms with E-state index in [-0.39, 0.29) is 12.1 Å². The summed E-state index contributed by atoms with van der Waals surface area (Å²) in [5, 5.41) is 12.8. The van der Waals surface area contributed by atoms with Gasteiger partial charge in [0.25, 0.3) is 0 Å². The molecule has 0 heterocycles. The summed E-state index contributed by atoms with van der Waals surface area (Å²) in [6.45, 7) is 7.83. The summed E-state index contributed by atoms with van der Waals surface area (Å²) < 4.78 is 11.1. The normalized spacial score (nSPS) is 13.8. The molecule has 0 aliphatic rings. The first-order chi connectivity index (χ1) is 10.0. The largest absolute Gasteiger partial charge is 0.493 e. The molecule has 0 spiro atoms. The summed E-state index contributed by atoms with van der Waals surface area (Å²) in [7, 11) is 1.66. The molecule has 0 fully saturated rings. The number of likely N-dealkylation sites (N-methyl/N-ethyl adjacent to an activating group) is 1. The molecule has 0 radical (unpaired) electrons. The molecule has 4 nitrogen and oxygen atoms in total. The lowest BCUT2D eigenvalue weighted by atomic mass is 9.96. The summed E-state index contributed by atoms with van der Waals surface area (Å²) in [6.07, 6.45) is 2.90. The van der Waals surface area contributed by atoms with Gasteiger partial charge in [0.2, 0.25) is 0 Å². The first-order valence-electron chi connectivity index (χ1n) is 7.68. The first-order valence-corrected chi connectivity index (χ1v) is 7.68. The number of nitrogens with one attached hydrogen (secondary N) is 1. The molecule has 0 aromatic heterocycles. The Bertz CT molecular complexity index is 422. The highest BCUT2D eigenvalue weighted by Gasteiger charge is 2.20. The highest BCUT2D eigenvalue weighted by atomic mass is 16.5. The highest BCUT2D eigenvalue weighted by molar-refractivity contribution is 5.42. The van der Waals surface area contributed by atoms with Gasteiger partial charge in [0.1, 0.15) is 0 Å². The number of aliphatic hydroxyl groups is 1. The van der Waals surface area contributed by atoms with Crippen LogP contribution < -0.4 is 14.8 Å². The Morgan fingerprint density at radius 3 is 2.62 bits per heavy atom. The standard InChI is InChI=1S/C17H29NO3/c1-5-18-17(3,13-19)10-6-7-11-21-15-9-8-14(2)12-16(15)20-4/h8-9,12,18-19H,5-7,10-11,13H2,1-4H3. The van der Waals surface area contributed by atoms with Crippen molar-refractivity contribution in [2.24, 2.45) is 0 Å². The Balaban J connectivity index is 2.34. The smallest absolute Gasteiger partial charge is 0.161 e. The van der Waals surface area contributed by atoms with Crippen molar-refractivity contribution < 1.29 is 14.6 Å². The average molecular weight is 295 g/mol. The van der Waals surface area contributed by atoms with Gasteiger partial charge in [-0.2, -0.15) is 0 Å². The quantitative estimate of drug-likeness (QED) is 0.652. The number of methoxy groups -OCH3 is 1. The summed E-state index contributed by atoms with van der Waals surface area (Å²) in [5.41, 5.74) is 0.972. The molecule has 0 saturated heterocycles. The number of ether oxygens (including phenoxy) is 2. The number of hydrogen-bond donors (Lipinski definition) is 2. The van der Waals surface area contributed by atoms with Gasteiger partial charge >= 0.3 is 0 Å². The first kappa shape index (κ1) is 17.8.